The summed E-state index contributed by atoms with van der Waals surface area (Å²) in [5.74, 6) is 0.942. The van der Waals surface area contributed by atoms with Gasteiger partial charge in [0, 0.05) is 24.7 Å². The second kappa shape index (κ2) is 6.79. The minimum atomic E-state index is -4.12. The maximum absolute atomic E-state index is 12.0. The Morgan fingerprint density at radius 2 is 1.92 bits per heavy atom. The maximum Gasteiger partial charge on any atom is 0.401 e. The van der Waals surface area contributed by atoms with Crippen molar-refractivity contribution < 1.29 is 13.2 Å². The monoisotopic (exact) mass is 235 g/mol. The van der Waals surface area contributed by atoms with E-state index in [2.05, 4.69) is 0 Å². The fourth-order valence-electron chi connectivity index (χ4n) is 0.863. The van der Waals surface area contributed by atoms with E-state index in [0.717, 1.165) is 0 Å². The van der Waals surface area contributed by atoms with E-state index in [9.17, 15) is 13.2 Å². The van der Waals surface area contributed by atoms with E-state index in [0.29, 0.717) is 18.8 Å². The lowest BCUT2D eigenvalue weighted by Gasteiger charge is -2.21. The molecule has 0 aromatic carbocycles. The van der Waals surface area contributed by atoms with Crippen molar-refractivity contribution in [2.24, 2.45) is 0 Å². The van der Waals surface area contributed by atoms with Gasteiger partial charge < -0.3 is 0 Å². The molecule has 0 heterocycles. The Labute approximate surface area is 85.6 Å². The van der Waals surface area contributed by atoms with Crippen LogP contribution in [0.25, 0.3) is 0 Å². The van der Waals surface area contributed by atoms with E-state index >= 15 is 0 Å². The van der Waals surface area contributed by atoms with Crippen molar-refractivity contribution in [3.05, 3.63) is 0 Å². The van der Waals surface area contributed by atoms with Crippen LogP contribution in [0.5, 0.6) is 0 Å². The number of alkyl halides is 4. The molecule has 0 aliphatic rings. The van der Waals surface area contributed by atoms with Crippen molar-refractivity contribution in [1.29, 1.82) is 0 Å². The van der Waals surface area contributed by atoms with E-state index < -0.39 is 12.7 Å². The van der Waals surface area contributed by atoms with Crippen LogP contribution in [-0.4, -0.2) is 48.6 Å². The Balaban J connectivity index is 3.79. The predicted molar refractivity (Wildman–Crippen MR) is 51.6 cm³/mol. The van der Waals surface area contributed by atoms with Gasteiger partial charge in [-0.3, -0.25) is 4.90 Å². The van der Waals surface area contributed by atoms with Crippen molar-refractivity contribution in [3.63, 3.8) is 0 Å². The summed E-state index contributed by atoms with van der Waals surface area (Å²) in [5, 5.41) is 0. The van der Waals surface area contributed by atoms with Gasteiger partial charge in [-0.05, 0) is 6.26 Å². The average molecular weight is 236 g/mol. The molecule has 1 nitrogen and oxygen atoms in total. The predicted octanol–water partition coefficient (Wildman–Crippen LogP) is 2.45. The zero-order valence-corrected chi connectivity index (χ0v) is 8.98. The van der Waals surface area contributed by atoms with E-state index in [1.54, 1.807) is 0 Å². The molecule has 0 spiro atoms. The second-order valence-electron chi connectivity index (χ2n) is 2.57. The first-order valence-electron chi connectivity index (χ1n) is 3.83. The molecule has 0 bridgehead atoms. The summed E-state index contributed by atoms with van der Waals surface area (Å²) >= 11 is 6.92. The first-order valence-corrected chi connectivity index (χ1v) is 5.76. The Bertz CT molecular complexity index is 131. The molecule has 0 fully saturated rings. The first-order chi connectivity index (χ1) is 5.99. The quantitative estimate of drug-likeness (QED) is 0.651. The van der Waals surface area contributed by atoms with Crippen LogP contribution in [0.15, 0.2) is 0 Å². The fraction of sp³-hybridized carbons (Fsp3) is 1.00. The first kappa shape index (κ1) is 13.4. The Morgan fingerprint density at radius 1 is 1.31 bits per heavy atom. The molecule has 13 heavy (non-hydrogen) atoms. The summed E-state index contributed by atoms with van der Waals surface area (Å²) in [6.07, 6.45) is -2.25. The number of thioether (sulfide) groups is 1. The van der Waals surface area contributed by atoms with Crippen LogP contribution in [0.3, 0.4) is 0 Å². The van der Waals surface area contributed by atoms with Crippen molar-refractivity contribution in [2.45, 2.75) is 6.18 Å². The lowest BCUT2D eigenvalue weighted by atomic mass is 10.4. The van der Waals surface area contributed by atoms with Gasteiger partial charge in [-0.15, -0.1) is 11.6 Å². The minimum Gasteiger partial charge on any atom is -0.293 e. The van der Waals surface area contributed by atoms with E-state index in [1.807, 2.05) is 6.26 Å². The molecule has 0 amide bonds. The van der Waals surface area contributed by atoms with E-state index in [4.69, 9.17) is 11.6 Å². The van der Waals surface area contributed by atoms with Gasteiger partial charge >= 0.3 is 6.18 Å². The third-order valence-corrected chi connectivity index (χ3v) is 2.18. The van der Waals surface area contributed by atoms with Crippen LogP contribution in [0.4, 0.5) is 13.2 Å². The molecular weight excluding hydrogens is 223 g/mol. The van der Waals surface area contributed by atoms with Crippen molar-refractivity contribution in [2.75, 3.05) is 37.5 Å². The Morgan fingerprint density at radius 3 is 2.31 bits per heavy atom. The standard InChI is InChI=1S/C7H13ClF3NS/c1-13-5-4-12(3-2-8)6-7(9,10)11/h2-6H2,1H3. The Kier molecular flexibility index (Phi) is 6.99. The van der Waals surface area contributed by atoms with Crippen LogP contribution in [0, 0.1) is 0 Å². The summed E-state index contributed by atoms with van der Waals surface area (Å²) in [5.41, 5.74) is 0. The van der Waals surface area contributed by atoms with Gasteiger partial charge in [0.05, 0.1) is 6.54 Å². The van der Waals surface area contributed by atoms with Gasteiger partial charge in [0.1, 0.15) is 0 Å². The smallest absolute Gasteiger partial charge is 0.293 e. The highest BCUT2D eigenvalue weighted by molar-refractivity contribution is 7.98. The summed E-state index contributed by atoms with van der Waals surface area (Å²) < 4.78 is 35.9. The van der Waals surface area contributed by atoms with Gasteiger partial charge in [0.25, 0.3) is 0 Å². The molecule has 0 aromatic rings. The molecule has 6 heteroatoms. The summed E-state index contributed by atoms with van der Waals surface area (Å²) in [4.78, 5) is 1.32. The van der Waals surface area contributed by atoms with Gasteiger partial charge in [0.2, 0.25) is 0 Å². The Hall–Kier alpha value is 0.390. The van der Waals surface area contributed by atoms with Gasteiger partial charge in [-0.25, -0.2) is 0 Å². The number of hydrogen-bond donors (Lipinski definition) is 0. The normalized spacial score (nSPS) is 12.5. The molecule has 0 saturated carbocycles. The summed E-state index contributed by atoms with van der Waals surface area (Å²) in [6.45, 7) is -0.130. The van der Waals surface area contributed by atoms with Crippen LogP contribution in [-0.2, 0) is 0 Å². The number of nitrogens with zero attached hydrogens (tertiary/aromatic N) is 1. The van der Waals surface area contributed by atoms with Crippen LogP contribution in [0.2, 0.25) is 0 Å². The van der Waals surface area contributed by atoms with Crippen LogP contribution >= 0.6 is 23.4 Å². The lowest BCUT2D eigenvalue weighted by molar-refractivity contribution is -0.144. The zero-order valence-electron chi connectivity index (χ0n) is 7.40. The molecule has 0 aliphatic carbocycles. The SMILES string of the molecule is CSCCN(CCCl)CC(F)(F)F. The number of rotatable bonds is 6. The van der Waals surface area contributed by atoms with E-state index in [-0.39, 0.29) is 5.88 Å². The highest BCUT2D eigenvalue weighted by atomic mass is 35.5. The second-order valence-corrected chi connectivity index (χ2v) is 3.94. The highest BCUT2D eigenvalue weighted by Gasteiger charge is 2.29. The number of hydrogen-bond acceptors (Lipinski definition) is 2. The minimum absolute atomic E-state index is 0.241. The average Bonchev–Trinajstić information content (AvgIpc) is 1.98. The molecule has 0 unspecified atom stereocenters. The van der Waals surface area contributed by atoms with Crippen LogP contribution < -0.4 is 0 Å². The van der Waals surface area contributed by atoms with Crippen LogP contribution in [0.1, 0.15) is 0 Å². The van der Waals surface area contributed by atoms with Gasteiger partial charge in [-0.1, -0.05) is 0 Å². The third-order valence-electron chi connectivity index (χ3n) is 1.42. The molecule has 0 aromatic heterocycles. The molecule has 80 valence electrons. The summed E-state index contributed by atoms with van der Waals surface area (Å²) in [7, 11) is 0. The lowest BCUT2D eigenvalue weighted by Crippen LogP contribution is -2.37. The van der Waals surface area contributed by atoms with Gasteiger partial charge in [-0.2, -0.15) is 24.9 Å². The molecule has 0 saturated heterocycles. The fourth-order valence-corrected chi connectivity index (χ4v) is 1.54. The molecular formula is C7H13ClF3NS. The topological polar surface area (TPSA) is 3.24 Å². The van der Waals surface area contributed by atoms with Crippen molar-refractivity contribution in [3.8, 4) is 0 Å². The molecule has 0 atom stereocenters. The molecule has 0 aliphatic heterocycles. The third kappa shape index (κ3) is 8.71. The van der Waals surface area contributed by atoms with Crippen molar-refractivity contribution >= 4 is 23.4 Å². The largest absolute Gasteiger partial charge is 0.401 e. The zero-order chi connectivity index (χ0) is 10.3. The molecule has 0 rings (SSSR count). The molecule has 0 radical (unpaired) electrons. The van der Waals surface area contributed by atoms with Gasteiger partial charge in [0.15, 0.2) is 0 Å². The maximum atomic E-state index is 12.0. The highest BCUT2D eigenvalue weighted by Crippen LogP contribution is 2.16. The number of halogens is 4. The molecule has 0 N–H and O–H groups in total. The van der Waals surface area contributed by atoms with Crippen molar-refractivity contribution in [1.82, 2.24) is 4.90 Å². The van der Waals surface area contributed by atoms with E-state index in [1.165, 1.54) is 16.7 Å². The summed E-state index contributed by atoms with van der Waals surface area (Å²) in [6, 6.07) is 0.